The van der Waals surface area contributed by atoms with E-state index in [1.54, 1.807) is 0 Å². The van der Waals surface area contributed by atoms with Gasteiger partial charge in [-0.3, -0.25) is 0 Å². The van der Waals surface area contributed by atoms with E-state index in [1.807, 2.05) is 0 Å². The molecule has 1 aromatic carbocycles. The fraction of sp³-hybridized carbons (Fsp3) is 0.500. The molecule has 0 spiro atoms. The van der Waals surface area contributed by atoms with Crippen molar-refractivity contribution in [2.75, 3.05) is 5.88 Å². The largest absolute Gasteiger partial charge is 0.392 e. The molecule has 1 N–H and O–H groups in total. The number of hydrogen-bond donors (Lipinski definition) is 1. The van der Waals surface area contributed by atoms with Gasteiger partial charge in [-0.05, 0) is 37.8 Å². The molecule has 0 radical (unpaired) electrons. The highest BCUT2D eigenvalue weighted by molar-refractivity contribution is 6.18. The van der Waals surface area contributed by atoms with Gasteiger partial charge in [0.1, 0.15) is 0 Å². The molecular formula is C12H17ClO. The Bertz CT molecular complexity index is 296. The highest BCUT2D eigenvalue weighted by atomic mass is 35.5. The summed E-state index contributed by atoms with van der Waals surface area (Å²) < 4.78 is 0. The minimum atomic E-state index is -0.378. The zero-order valence-electron chi connectivity index (χ0n) is 8.76. The van der Waals surface area contributed by atoms with Crippen LogP contribution in [0.25, 0.3) is 0 Å². The first-order valence-corrected chi connectivity index (χ1v) is 5.47. The highest BCUT2D eigenvalue weighted by Gasteiger charge is 2.04. The topological polar surface area (TPSA) is 20.2 Å². The molecule has 0 fully saturated rings. The maximum absolute atomic E-state index is 9.35. The van der Waals surface area contributed by atoms with Crippen molar-refractivity contribution in [3.05, 3.63) is 34.9 Å². The summed E-state index contributed by atoms with van der Waals surface area (Å²) in [5, 5.41) is 9.35. The minimum absolute atomic E-state index is 0.324. The lowest BCUT2D eigenvalue weighted by Crippen LogP contribution is -2.09. The van der Waals surface area contributed by atoms with Gasteiger partial charge in [-0.1, -0.05) is 23.8 Å². The van der Waals surface area contributed by atoms with Crippen LogP contribution in [0.4, 0.5) is 0 Å². The third-order valence-electron chi connectivity index (χ3n) is 2.43. The molecule has 14 heavy (non-hydrogen) atoms. The zero-order chi connectivity index (χ0) is 10.6. The standard InChI is InChI=1S/C12H17ClO/c1-9-3-4-10(2)11(7-9)5-6-12(14)8-13/h3-4,7,12,14H,5-6,8H2,1-2H3/t12-/m0/s1. The summed E-state index contributed by atoms with van der Waals surface area (Å²) >= 11 is 5.54. The number of rotatable bonds is 4. The Labute approximate surface area is 90.7 Å². The Morgan fingerprint density at radius 1 is 1.36 bits per heavy atom. The van der Waals surface area contributed by atoms with Crippen molar-refractivity contribution < 1.29 is 5.11 Å². The first kappa shape index (κ1) is 11.5. The van der Waals surface area contributed by atoms with Crippen molar-refractivity contribution in [2.24, 2.45) is 0 Å². The fourth-order valence-electron chi connectivity index (χ4n) is 1.47. The first-order chi connectivity index (χ1) is 6.63. The van der Waals surface area contributed by atoms with Gasteiger partial charge in [-0.15, -0.1) is 11.6 Å². The van der Waals surface area contributed by atoms with E-state index in [0.717, 1.165) is 12.8 Å². The van der Waals surface area contributed by atoms with Crippen molar-refractivity contribution in [3.8, 4) is 0 Å². The van der Waals surface area contributed by atoms with Crippen molar-refractivity contribution in [1.82, 2.24) is 0 Å². The molecule has 0 aliphatic carbocycles. The molecule has 1 atom stereocenters. The summed E-state index contributed by atoms with van der Waals surface area (Å²) in [7, 11) is 0. The molecule has 0 aliphatic heterocycles. The summed E-state index contributed by atoms with van der Waals surface area (Å²) in [4.78, 5) is 0. The van der Waals surface area contributed by atoms with Gasteiger partial charge in [0.25, 0.3) is 0 Å². The smallest absolute Gasteiger partial charge is 0.0678 e. The van der Waals surface area contributed by atoms with E-state index in [-0.39, 0.29) is 6.10 Å². The molecule has 0 aliphatic rings. The van der Waals surface area contributed by atoms with Crippen LogP contribution in [-0.2, 0) is 6.42 Å². The van der Waals surface area contributed by atoms with Crippen LogP contribution in [0.3, 0.4) is 0 Å². The first-order valence-electron chi connectivity index (χ1n) is 4.93. The van der Waals surface area contributed by atoms with Crippen LogP contribution < -0.4 is 0 Å². The van der Waals surface area contributed by atoms with E-state index in [1.165, 1.54) is 16.7 Å². The maximum atomic E-state index is 9.35. The highest BCUT2D eigenvalue weighted by Crippen LogP contribution is 2.13. The molecule has 0 heterocycles. The molecule has 78 valence electrons. The zero-order valence-corrected chi connectivity index (χ0v) is 9.51. The van der Waals surface area contributed by atoms with Gasteiger partial charge in [-0.25, -0.2) is 0 Å². The van der Waals surface area contributed by atoms with E-state index in [4.69, 9.17) is 11.6 Å². The lowest BCUT2D eigenvalue weighted by Gasteiger charge is -2.09. The summed E-state index contributed by atoms with van der Waals surface area (Å²) in [5.41, 5.74) is 3.87. The second-order valence-corrected chi connectivity index (χ2v) is 4.09. The molecule has 0 aromatic heterocycles. The van der Waals surface area contributed by atoms with Crippen molar-refractivity contribution in [1.29, 1.82) is 0 Å². The maximum Gasteiger partial charge on any atom is 0.0678 e. The van der Waals surface area contributed by atoms with Gasteiger partial charge in [0.2, 0.25) is 0 Å². The number of hydrogen-bond acceptors (Lipinski definition) is 1. The van der Waals surface area contributed by atoms with E-state index in [2.05, 4.69) is 32.0 Å². The predicted octanol–water partition coefficient (Wildman–Crippen LogP) is 2.84. The Morgan fingerprint density at radius 3 is 2.71 bits per heavy atom. The Hall–Kier alpha value is -0.530. The third-order valence-corrected chi connectivity index (χ3v) is 2.79. The van der Waals surface area contributed by atoms with Gasteiger partial charge >= 0.3 is 0 Å². The predicted molar refractivity (Wildman–Crippen MR) is 61.0 cm³/mol. The van der Waals surface area contributed by atoms with E-state index >= 15 is 0 Å². The SMILES string of the molecule is Cc1ccc(C)c(CC[C@H](O)CCl)c1. The van der Waals surface area contributed by atoms with E-state index in [9.17, 15) is 5.11 Å². The molecule has 2 heteroatoms. The second-order valence-electron chi connectivity index (χ2n) is 3.78. The van der Waals surface area contributed by atoms with Gasteiger partial charge < -0.3 is 5.11 Å². The van der Waals surface area contributed by atoms with Gasteiger partial charge in [-0.2, -0.15) is 0 Å². The Balaban J connectivity index is 2.62. The molecule has 0 unspecified atom stereocenters. The van der Waals surface area contributed by atoms with Crippen LogP contribution in [0.15, 0.2) is 18.2 Å². The molecule has 0 bridgehead atoms. The van der Waals surface area contributed by atoms with Crippen LogP contribution in [0, 0.1) is 13.8 Å². The van der Waals surface area contributed by atoms with Crippen LogP contribution in [0.5, 0.6) is 0 Å². The number of aliphatic hydroxyl groups excluding tert-OH is 1. The minimum Gasteiger partial charge on any atom is -0.392 e. The van der Waals surface area contributed by atoms with Crippen LogP contribution in [-0.4, -0.2) is 17.1 Å². The van der Waals surface area contributed by atoms with Crippen molar-refractivity contribution in [2.45, 2.75) is 32.8 Å². The van der Waals surface area contributed by atoms with Crippen LogP contribution in [0.1, 0.15) is 23.1 Å². The lowest BCUT2D eigenvalue weighted by atomic mass is 10.0. The van der Waals surface area contributed by atoms with Gasteiger partial charge in [0.15, 0.2) is 0 Å². The number of aryl methyl sites for hydroxylation is 3. The third kappa shape index (κ3) is 3.32. The second kappa shape index (κ2) is 5.38. The number of alkyl halides is 1. The molecule has 0 amide bonds. The van der Waals surface area contributed by atoms with Crippen LogP contribution in [0.2, 0.25) is 0 Å². The Morgan fingerprint density at radius 2 is 2.07 bits per heavy atom. The summed E-state index contributed by atoms with van der Waals surface area (Å²) in [6, 6.07) is 6.41. The number of benzene rings is 1. The fourth-order valence-corrected chi connectivity index (χ4v) is 1.62. The average Bonchev–Trinajstić information content (AvgIpc) is 2.19. The van der Waals surface area contributed by atoms with Crippen molar-refractivity contribution in [3.63, 3.8) is 0 Å². The molecule has 1 nitrogen and oxygen atoms in total. The normalized spacial score (nSPS) is 12.9. The summed E-state index contributed by atoms with van der Waals surface area (Å²) in [6.45, 7) is 4.18. The van der Waals surface area contributed by atoms with E-state index in [0.29, 0.717) is 5.88 Å². The quantitative estimate of drug-likeness (QED) is 0.762. The summed E-state index contributed by atoms with van der Waals surface area (Å²) in [5.74, 6) is 0.324. The summed E-state index contributed by atoms with van der Waals surface area (Å²) in [6.07, 6.45) is 1.27. The molecule has 0 saturated heterocycles. The van der Waals surface area contributed by atoms with Gasteiger partial charge in [0, 0.05) is 5.88 Å². The number of aliphatic hydroxyl groups is 1. The van der Waals surface area contributed by atoms with Crippen LogP contribution >= 0.6 is 11.6 Å². The number of halogens is 1. The average molecular weight is 213 g/mol. The monoisotopic (exact) mass is 212 g/mol. The van der Waals surface area contributed by atoms with Gasteiger partial charge in [0.05, 0.1) is 6.10 Å². The Kier molecular flexibility index (Phi) is 4.43. The molecular weight excluding hydrogens is 196 g/mol. The molecule has 0 saturated carbocycles. The molecule has 1 aromatic rings. The van der Waals surface area contributed by atoms with Crippen molar-refractivity contribution >= 4 is 11.6 Å². The lowest BCUT2D eigenvalue weighted by molar-refractivity contribution is 0.188. The van der Waals surface area contributed by atoms with E-state index < -0.39 is 0 Å². The molecule has 1 rings (SSSR count).